The quantitative estimate of drug-likeness (QED) is 0.305. The van der Waals surface area contributed by atoms with Gasteiger partial charge in [0.2, 0.25) is 11.8 Å². The van der Waals surface area contributed by atoms with Crippen molar-refractivity contribution in [2.45, 2.75) is 65.1 Å². The molecule has 3 rings (SSSR count). The second-order valence-electron chi connectivity index (χ2n) is 9.31. The number of nitrogens with zero attached hydrogens (tertiary/aromatic N) is 1. The summed E-state index contributed by atoms with van der Waals surface area (Å²) in [7, 11) is 0. The number of hydrogen-bond acceptors (Lipinski definition) is 2. The molecule has 3 aromatic carbocycles. The molecule has 0 aliphatic heterocycles. The number of benzene rings is 3. The standard InChI is InChI=1S/C30H34Cl2N2O2/c1-4-22-10-12-23(13-11-22)15-17-29(35)34(20-25-14-16-26(31)27(32)18-25)28(30(36)33-21(2)3)19-24-8-6-5-7-9-24/h5-14,16,18,21,28H,4,15,17,19-20H2,1-3H3,(H,33,36)/t28-/m1/s1. The first-order chi connectivity index (χ1) is 17.3. The minimum Gasteiger partial charge on any atom is -0.352 e. The maximum Gasteiger partial charge on any atom is 0.243 e. The van der Waals surface area contributed by atoms with Crippen LogP contribution in [0.25, 0.3) is 0 Å². The molecule has 3 aromatic rings. The Bertz CT molecular complexity index is 1150. The van der Waals surface area contributed by atoms with Crippen LogP contribution in [0.15, 0.2) is 72.8 Å². The lowest BCUT2D eigenvalue weighted by Crippen LogP contribution is -2.51. The van der Waals surface area contributed by atoms with Crippen molar-refractivity contribution in [2.24, 2.45) is 0 Å². The summed E-state index contributed by atoms with van der Waals surface area (Å²) in [6, 6.07) is 22.7. The van der Waals surface area contributed by atoms with Crippen molar-refractivity contribution < 1.29 is 9.59 Å². The Labute approximate surface area is 224 Å². The van der Waals surface area contributed by atoms with E-state index < -0.39 is 6.04 Å². The fraction of sp³-hybridized carbons (Fsp3) is 0.333. The van der Waals surface area contributed by atoms with Crippen molar-refractivity contribution in [2.75, 3.05) is 0 Å². The Kier molecular flexibility index (Phi) is 10.4. The van der Waals surface area contributed by atoms with Gasteiger partial charge >= 0.3 is 0 Å². The smallest absolute Gasteiger partial charge is 0.243 e. The van der Waals surface area contributed by atoms with Gasteiger partial charge in [-0.15, -0.1) is 0 Å². The van der Waals surface area contributed by atoms with Crippen molar-refractivity contribution in [1.82, 2.24) is 10.2 Å². The summed E-state index contributed by atoms with van der Waals surface area (Å²) < 4.78 is 0. The molecule has 0 saturated carbocycles. The van der Waals surface area contributed by atoms with Gasteiger partial charge in [0, 0.05) is 25.4 Å². The SMILES string of the molecule is CCc1ccc(CCC(=O)N(Cc2ccc(Cl)c(Cl)c2)[C@H](Cc2ccccc2)C(=O)NC(C)C)cc1. The normalized spacial score (nSPS) is 11.8. The van der Waals surface area contributed by atoms with Crippen LogP contribution in [0.1, 0.15) is 49.4 Å². The van der Waals surface area contributed by atoms with E-state index in [1.54, 1.807) is 17.0 Å². The zero-order chi connectivity index (χ0) is 26.1. The monoisotopic (exact) mass is 524 g/mol. The number of aryl methyl sites for hydroxylation is 2. The number of hydrogen-bond donors (Lipinski definition) is 1. The molecule has 0 spiro atoms. The Morgan fingerprint density at radius 3 is 2.08 bits per heavy atom. The summed E-state index contributed by atoms with van der Waals surface area (Å²) in [6.45, 7) is 6.22. The minimum absolute atomic E-state index is 0.0465. The maximum atomic E-state index is 13.7. The van der Waals surface area contributed by atoms with Gasteiger partial charge in [-0.25, -0.2) is 0 Å². The number of halogens is 2. The molecule has 0 saturated heterocycles. The van der Waals surface area contributed by atoms with Crippen molar-refractivity contribution in [3.05, 3.63) is 105 Å². The first kappa shape index (κ1) is 27.8. The molecule has 0 fully saturated rings. The number of rotatable bonds is 11. The van der Waals surface area contributed by atoms with E-state index in [2.05, 4.69) is 36.5 Å². The Morgan fingerprint density at radius 1 is 0.833 bits per heavy atom. The van der Waals surface area contributed by atoms with E-state index in [9.17, 15) is 9.59 Å². The maximum absolute atomic E-state index is 13.7. The zero-order valence-corrected chi connectivity index (χ0v) is 22.6. The zero-order valence-electron chi connectivity index (χ0n) is 21.1. The molecule has 0 radical (unpaired) electrons. The lowest BCUT2D eigenvalue weighted by Gasteiger charge is -2.32. The van der Waals surface area contributed by atoms with E-state index in [0.717, 1.165) is 23.1 Å². The minimum atomic E-state index is -0.667. The highest BCUT2D eigenvalue weighted by atomic mass is 35.5. The van der Waals surface area contributed by atoms with Crippen LogP contribution in [0.5, 0.6) is 0 Å². The summed E-state index contributed by atoms with van der Waals surface area (Å²) in [5.74, 6) is -0.255. The molecule has 4 nitrogen and oxygen atoms in total. The molecule has 1 atom stereocenters. The molecule has 0 aliphatic carbocycles. The third kappa shape index (κ3) is 8.11. The van der Waals surface area contributed by atoms with Gasteiger partial charge in [-0.05, 0) is 61.1 Å². The molecule has 2 amide bonds. The van der Waals surface area contributed by atoms with Crippen molar-refractivity contribution in [3.8, 4) is 0 Å². The summed E-state index contributed by atoms with van der Waals surface area (Å²) in [5, 5.41) is 3.88. The van der Waals surface area contributed by atoms with E-state index in [1.165, 1.54) is 5.56 Å². The second kappa shape index (κ2) is 13.5. The predicted octanol–water partition coefficient (Wildman–Crippen LogP) is 6.65. The first-order valence-electron chi connectivity index (χ1n) is 12.4. The molecule has 0 heterocycles. The molecule has 0 bridgehead atoms. The third-order valence-corrected chi connectivity index (χ3v) is 6.84. The number of carbonyl (C=O) groups excluding carboxylic acids is 2. The van der Waals surface area contributed by atoms with Crippen LogP contribution < -0.4 is 5.32 Å². The average Bonchev–Trinajstić information content (AvgIpc) is 2.87. The Morgan fingerprint density at radius 2 is 1.47 bits per heavy atom. The van der Waals surface area contributed by atoms with E-state index in [-0.39, 0.29) is 24.4 Å². The van der Waals surface area contributed by atoms with Gasteiger partial charge in [0.05, 0.1) is 10.0 Å². The summed E-state index contributed by atoms with van der Waals surface area (Å²) in [4.78, 5) is 28.8. The van der Waals surface area contributed by atoms with Crippen LogP contribution in [-0.2, 0) is 35.4 Å². The van der Waals surface area contributed by atoms with Gasteiger partial charge in [-0.3, -0.25) is 9.59 Å². The first-order valence-corrected chi connectivity index (χ1v) is 13.2. The fourth-order valence-electron chi connectivity index (χ4n) is 4.11. The Balaban J connectivity index is 1.90. The number of carbonyl (C=O) groups is 2. The molecule has 0 unspecified atom stereocenters. The highest BCUT2D eigenvalue weighted by Crippen LogP contribution is 2.25. The van der Waals surface area contributed by atoms with Crippen LogP contribution in [0.2, 0.25) is 10.0 Å². The fourth-order valence-corrected chi connectivity index (χ4v) is 4.43. The van der Waals surface area contributed by atoms with Crippen molar-refractivity contribution >= 4 is 35.0 Å². The van der Waals surface area contributed by atoms with Gasteiger partial charge in [0.1, 0.15) is 6.04 Å². The molecule has 0 aromatic heterocycles. The highest BCUT2D eigenvalue weighted by Gasteiger charge is 2.30. The lowest BCUT2D eigenvalue weighted by atomic mass is 10.0. The van der Waals surface area contributed by atoms with Crippen molar-refractivity contribution in [3.63, 3.8) is 0 Å². The summed E-state index contributed by atoms with van der Waals surface area (Å²) in [5.41, 5.74) is 4.17. The van der Waals surface area contributed by atoms with Gasteiger partial charge in [-0.1, -0.05) is 90.8 Å². The van der Waals surface area contributed by atoms with Gasteiger partial charge < -0.3 is 10.2 Å². The summed E-state index contributed by atoms with van der Waals surface area (Å²) in [6.07, 6.45) is 2.29. The van der Waals surface area contributed by atoms with Gasteiger partial charge in [0.25, 0.3) is 0 Å². The van der Waals surface area contributed by atoms with Crippen LogP contribution in [0.4, 0.5) is 0 Å². The number of amides is 2. The Hall–Kier alpha value is -2.82. The molecular formula is C30H34Cl2N2O2. The third-order valence-electron chi connectivity index (χ3n) is 6.10. The molecule has 190 valence electrons. The van der Waals surface area contributed by atoms with Gasteiger partial charge in [0.15, 0.2) is 0 Å². The van der Waals surface area contributed by atoms with E-state index in [4.69, 9.17) is 23.2 Å². The van der Waals surface area contributed by atoms with E-state index >= 15 is 0 Å². The molecule has 1 N–H and O–H groups in total. The average molecular weight is 526 g/mol. The van der Waals surface area contributed by atoms with Crippen LogP contribution in [0.3, 0.4) is 0 Å². The lowest BCUT2D eigenvalue weighted by molar-refractivity contribution is -0.141. The van der Waals surface area contributed by atoms with E-state index in [0.29, 0.717) is 29.3 Å². The molecule has 0 aliphatic rings. The van der Waals surface area contributed by atoms with Crippen LogP contribution in [-0.4, -0.2) is 28.8 Å². The molecule has 36 heavy (non-hydrogen) atoms. The highest BCUT2D eigenvalue weighted by molar-refractivity contribution is 6.42. The van der Waals surface area contributed by atoms with Crippen LogP contribution >= 0.6 is 23.2 Å². The topological polar surface area (TPSA) is 49.4 Å². The van der Waals surface area contributed by atoms with Crippen molar-refractivity contribution in [1.29, 1.82) is 0 Å². The second-order valence-corrected chi connectivity index (χ2v) is 10.1. The van der Waals surface area contributed by atoms with Crippen LogP contribution in [0, 0.1) is 0 Å². The largest absolute Gasteiger partial charge is 0.352 e. The number of nitrogens with one attached hydrogen (secondary N) is 1. The predicted molar refractivity (Wildman–Crippen MR) is 148 cm³/mol. The van der Waals surface area contributed by atoms with Gasteiger partial charge in [-0.2, -0.15) is 0 Å². The molecule has 6 heteroatoms. The van der Waals surface area contributed by atoms with E-state index in [1.807, 2.05) is 50.2 Å². The summed E-state index contributed by atoms with van der Waals surface area (Å²) >= 11 is 12.4. The molecular weight excluding hydrogens is 491 g/mol.